The van der Waals surface area contributed by atoms with E-state index < -0.39 is 19.7 Å². The predicted octanol–water partition coefficient (Wildman–Crippen LogP) is 3.51. The van der Waals surface area contributed by atoms with Crippen molar-refractivity contribution in [3.63, 3.8) is 0 Å². The Bertz CT molecular complexity index is 1290. The zero-order chi connectivity index (χ0) is 20.9. The molecule has 0 saturated carbocycles. The summed E-state index contributed by atoms with van der Waals surface area (Å²) >= 11 is 0. The average Bonchev–Trinajstić information content (AvgIpc) is 2.86. The van der Waals surface area contributed by atoms with Crippen LogP contribution in [0, 0.1) is 20.8 Å². The number of aryl methyl sites for hydroxylation is 3. The van der Waals surface area contributed by atoms with E-state index in [1.54, 1.807) is 0 Å². The molecule has 0 aliphatic heterocycles. The molecule has 2 aromatic carbocycles. The predicted molar refractivity (Wildman–Crippen MR) is 112 cm³/mol. The summed E-state index contributed by atoms with van der Waals surface area (Å²) in [6, 6.07) is 8.31. The number of nitrogens with one attached hydrogen (secondary N) is 2. The maximum Gasteiger partial charge on any atom is 0.177 e. The molecular formula is C20H24N2O4S2. The molecule has 0 atom stereocenters. The molecule has 0 saturated heterocycles. The Morgan fingerprint density at radius 2 is 1.61 bits per heavy atom. The lowest BCUT2D eigenvalue weighted by Gasteiger charge is -2.13. The SMILES string of the molecule is Cc1cc(CNc2ccc(S(C)(=O)=O)cc2S(C)(=O)=O)c2[nH]c(C)c(C)c2c1. The Hall–Kier alpha value is -2.32. The third-order valence-electron chi connectivity index (χ3n) is 4.89. The molecule has 0 spiro atoms. The summed E-state index contributed by atoms with van der Waals surface area (Å²) < 4.78 is 48.0. The van der Waals surface area contributed by atoms with Gasteiger partial charge in [0.25, 0.3) is 0 Å². The van der Waals surface area contributed by atoms with E-state index in [9.17, 15) is 16.8 Å². The lowest BCUT2D eigenvalue weighted by molar-refractivity contribution is 0.600. The van der Waals surface area contributed by atoms with Crippen LogP contribution in [0.25, 0.3) is 10.9 Å². The molecule has 0 fully saturated rings. The molecule has 1 aromatic heterocycles. The standard InChI is InChI=1S/C20H24N2O4S2/c1-12-8-15(20-17(9-12)13(2)14(3)22-20)11-21-18-7-6-16(27(4,23)24)10-19(18)28(5,25)26/h6-10,21-22H,11H2,1-5H3. The summed E-state index contributed by atoms with van der Waals surface area (Å²) in [6.45, 7) is 6.51. The van der Waals surface area contributed by atoms with Crippen LogP contribution in [0.4, 0.5) is 5.69 Å². The first-order valence-electron chi connectivity index (χ1n) is 8.74. The van der Waals surface area contributed by atoms with Crippen LogP contribution in [0.3, 0.4) is 0 Å². The van der Waals surface area contributed by atoms with E-state index in [-0.39, 0.29) is 9.79 Å². The van der Waals surface area contributed by atoms with E-state index in [2.05, 4.69) is 29.4 Å². The average molecular weight is 421 g/mol. The molecule has 3 aromatic rings. The molecule has 2 N–H and O–H groups in total. The maximum absolute atomic E-state index is 12.2. The zero-order valence-electron chi connectivity index (χ0n) is 16.5. The Labute approximate surface area is 165 Å². The number of benzene rings is 2. The summed E-state index contributed by atoms with van der Waals surface area (Å²) in [6.07, 6.45) is 2.13. The Balaban J connectivity index is 2.04. The maximum atomic E-state index is 12.2. The van der Waals surface area contributed by atoms with Gasteiger partial charge in [-0.3, -0.25) is 0 Å². The fraction of sp³-hybridized carbons (Fsp3) is 0.300. The highest BCUT2D eigenvalue weighted by molar-refractivity contribution is 7.91. The van der Waals surface area contributed by atoms with Crippen molar-refractivity contribution >= 4 is 36.3 Å². The van der Waals surface area contributed by atoms with E-state index in [1.165, 1.54) is 23.8 Å². The van der Waals surface area contributed by atoms with Crippen molar-refractivity contribution in [1.29, 1.82) is 0 Å². The second-order valence-corrected chi connectivity index (χ2v) is 11.3. The summed E-state index contributed by atoms with van der Waals surface area (Å²) in [5.41, 5.74) is 5.80. The lowest BCUT2D eigenvalue weighted by Crippen LogP contribution is -2.08. The van der Waals surface area contributed by atoms with Crippen LogP contribution in [-0.4, -0.2) is 34.3 Å². The molecule has 8 heteroatoms. The minimum Gasteiger partial charge on any atom is -0.380 e. The first kappa shape index (κ1) is 20.4. The first-order chi connectivity index (χ1) is 12.9. The van der Waals surface area contributed by atoms with E-state index in [0.29, 0.717) is 12.2 Å². The minimum absolute atomic E-state index is 0.0213. The number of aromatic amines is 1. The molecule has 6 nitrogen and oxygen atoms in total. The molecule has 0 aliphatic carbocycles. The second-order valence-electron chi connectivity index (χ2n) is 7.28. The molecule has 150 valence electrons. The van der Waals surface area contributed by atoms with Crippen molar-refractivity contribution in [2.75, 3.05) is 17.8 Å². The molecule has 28 heavy (non-hydrogen) atoms. The number of fused-ring (bicyclic) bond motifs is 1. The van der Waals surface area contributed by atoms with Gasteiger partial charge in [0, 0.05) is 30.1 Å². The van der Waals surface area contributed by atoms with Crippen LogP contribution in [0.1, 0.15) is 22.4 Å². The van der Waals surface area contributed by atoms with Gasteiger partial charge in [0.05, 0.1) is 21.0 Å². The number of aromatic nitrogens is 1. The molecule has 3 rings (SSSR count). The van der Waals surface area contributed by atoms with E-state index in [0.717, 1.165) is 40.2 Å². The van der Waals surface area contributed by atoms with Gasteiger partial charge in [-0.05, 0) is 56.2 Å². The summed E-state index contributed by atoms with van der Waals surface area (Å²) in [5.74, 6) is 0. The van der Waals surface area contributed by atoms with E-state index in [1.807, 2.05) is 13.8 Å². The smallest absolute Gasteiger partial charge is 0.177 e. The van der Waals surface area contributed by atoms with Gasteiger partial charge in [0.15, 0.2) is 19.7 Å². The highest BCUT2D eigenvalue weighted by atomic mass is 32.2. The van der Waals surface area contributed by atoms with Gasteiger partial charge in [-0.1, -0.05) is 11.6 Å². The van der Waals surface area contributed by atoms with Gasteiger partial charge in [-0.2, -0.15) is 0 Å². The monoisotopic (exact) mass is 420 g/mol. The summed E-state index contributed by atoms with van der Waals surface area (Å²) in [4.78, 5) is 3.34. The Kier molecular flexibility index (Phi) is 5.05. The number of sulfone groups is 2. The highest BCUT2D eigenvalue weighted by Gasteiger charge is 2.18. The van der Waals surface area contributed by atoms with Crippen molar-refractivity contribution in [2.45, 2.75) is 37.1 Å². The molecule has 1 heterocycles. The van der Waals surface area contributed by atoms with Crippen LogP contribution in [0.5, 0.6) is 0 Å². The number of H-pyrrole nitrogens is 1. The van der Waals surface area contributed by atoms with Crippen molar-refractivity contribution in [3.05, 3.63) is 52.7 Å². The van der Waals surface area contributed by atoms with Gasteiger partial charge in [0.1, 0.15) is 0 Å². The van der Waals surface area contributed by atoms with Crippen molar-refractivity contribution < 1.29 is 16.8 Å². The number of hydrogen-bond acceptors (Lipinski definition) is 5. The fourth-order valence-electron chi connectivity index (χ4n) is 3.30. The summed E-state index contributed by atoms with van der Waals surface area (Å²) in [5, 5.41) is 4.31. The van der Waals surface area contributed by atoms with E-state index >= 15 is 0 Å². The van der Waals surface area contributed by atoms with E-state index in [4.69, 9.17) is 0 Å². The van der Waals surface area contributed by atoms with Crippen LogP contribution in [0.2, 0.25) is 0 Å². The normalized spacial score (nSPS) is 12.5. The van der Waals surface area contributed by atoms with Crippen LogP contribution in [0.15, 0.2) is 40.1 Å². The third kappa shape index (κ3) is 3.93. The molecule has 0 aliphatic rings. The Morgan fingerprint density at radius 3 is 2.21 bits per heavy atom. The van der Waals surface area contributed by atoms with Crippen molar-refractivity contribution in [3.8, 4) is 0 Å². The summed E-state index contributed by atoms with van der Waals surface area (Å²) in [7, 11) is -7.11. The quantitative estimate of drug-likeness (QED) is 0.658. The third-order valence-corrected chi connectivity index (χ3v) is 7.14. The molecule has 0 bridgehead atoms. The van der Waals surface area contributed by atoms with Gasteiger partial charge < -0.3 is 10.3 Å². The zero-order valence-corrected chi connectivity index (χ0v) is 18.2. The molecular weight excluding hydrogens is 396 g/mol. The minimum atomic E-state index is -3.61. The van der Waals surface area contributed by atoms with Gasteiger partial charge in [-0.25, -0.2) is 16.8 Å². The van der Waals surface area contributed by atoms with Gasteiger partial charge in [0.2, 0.25) is 0 Å². The van der Waals surface area contributed by atoms with Crippen molar-refractivity contribution in [1.82, 2.24) is 4.98 Å². The van der Waals surface area contributed by atoms with Gasteiger partial charge in [-0.15, -0.1) is 0 Å². The Morgan fingerprint density at radius 1 is 0.929 bits per heavy atom. The fourth-order valence-corrected chi connectivity index (χ4v) is 4.91. The van der Waals surface area contributed by atoms with Crippen LogP contribution < -0.4 is 5.32 Å². The highest BCUT2D eigenvalue weighted by Crippen LogP contribution is 2.29. The topological polar surface area (TPSA) is 96.1 Å². The number of rotatable bonds is 5. The van der Waals surface area contributed by atoms with Crippen LogP contribution >= 0.6 is 0 Å². The van der Waals surface area contributed by atoms with Gasteiger partial charge >= 0.3 is 0 Å². The lowest BCUT2D eigenvalue weighted by atomic mass is 10.0. The van der Waals surface area contributed by atoms with Crippen molar-refractivity contribution in [2.24, 2.45) is 0 Å². The number of anilines is 1. The largest absolute Gasteiger partial charge is 0.380 e. The number of hydrogen-bond donors (Lipinski definition) is 2. The molecule has 0 radical (unpaired) electrons. The second kappa shape index (κ2) is 6.93. The molecule has 0 unspecified atom stereocenters. The van der Waals surface area contributed by atoms with Crippen LogP contribution in [-0.2, 0) is 26.2 Å². The first-order valence-corrected chi connectivity index (χ1v) is 12.5. The molecule has 0 amide bonds.